The number of aromatic nitrogens is 1. The Hall–Kier alpha value is -0.350. The highest BCUT2D eigenvalue weighted by Crippen LogP contribution is 2.19. The molecular formula is C11H16Cl2N2O. The van der Waals surface area contributed by atoms with Crippen LogP contribution in [0.25, 0.3) is 0 Å². The van der Waals surface area contributed by atoms with Gasteiger partial charge in [0, 0.05) is 36.5 Å². The van der Waals surface area contributed by atoms with Crippen molar-refractivity contribution in [3.63, 3.8) is 0 Å². The fraction of sp³-hybridized carbons (Fsp3) is 0.545. The Kier molecular flexibility index (Phi) is 6.06. The first kappa shape index (κ1) is 13.7. The Labute approximate surface area is 106 Å². The molecule has 0 spiro atoms. The molecule has 0 radical (unpaired) electrons. The van der Waals surface area contributed by atoms with E-state index in [9.17, 15) is 0 Å². The molecule has 0 amide bonds. The van der Waals surface area contributed by atoms with Gasteiger partial charge in [0.1, 0.15) is 5.15 Å². The van der Waals surface area contributed by atoms with Crippen molar-refractivity contribution in [2.75, 3.05) is 26.8 Å². The smallest absolute Gasteiger partial charge is 0.130 e. The van der Waals surface area contributed by atoms with E-state index in [-0.39, 0.29) is 0 Å². The van der Waals surface area contributed by atoms with Crippen LogP contribution in [-0.4, -0.2) is 36.7 Å². The zero-order chi connectivity index (χ0) is 12.0. The summed E-state index contributed by atoms with van der Waals surface area (Å²) in [5.74, 6) is 0. The molecule has 0 aliphatic carbocycles. The lowest BCUT2D eigenvalue weighted by Crippen LogP contribution is -2.23. The van der Waals surface area contributed by atoms with Gasteiger partial charge in [-0.15, -0.1) is 0 Å². The van der Waals surface area contributed by atoms with Crippen molar-refractivity contribution in [1.82, 2.24) is 9.88 Å². The molecule has 0 aromatic carbocycles. The van der Waals surface area contributed by atoms with Gasteiger partial charge in [0.15, 0.2) is 0 Å². The number of pyridine rings is 1. The summed E-state index contributed by atoms with van der Waals surface area (Å²) in [6.45, 7) is 5.07. The first-order valence-electron chi connectivity index (χ1n) is 5.19. The predicted molar refractivity (Wildman–Crippen MR) is 67.1 cm³/mol. The number of hydrogen-bond acceptors (Lipinski definition) is 3. The molecule has 0 saturated heterocycles. The lowest BCUT2D eigenvalue weighted by Gasteiger charge is -2.16. The molecule has 16 heavy (non-hydrogen) atoms. The number of likely N-dealkylation sites (N-methyl/N-ethyl adjacent to an activating group) is 1. The standard InChI is InChI=1S/C11H16Cl2N2O/c1-3-16-5-4-15(2)8-9-7-14-11(13)6-10(9)12/h6-7H,3-5,8H2,1-2H3. The highest BCUT2D eigenvalue weighted by molar-refractivity contribution is 6.34. The minimum atomic E-state index is 0.422. The molecule has 0 aliphatic heterocycles. The van der Waals surface area contributed by atoms with Gasteiger partial charge in [0.2, 0.25) is 0 Å². The zero-order valence-corrected chi connectivity index (χ0v) is 11.1. The van der Waals surface area contributed by atoms with Crippen LogP contribution in [0.5, 0.6) is 0 Å². The van der Waals surface area contributed by atoms with Crippen LogP contribution in [0.1, 0.15) is 12.5 Å². The third-order valence-electron chi connectivity index (χ3n) is 2.16. The van der Waals surface area contributed by atoms with Crippen LogP contribution in [-0.2, 0) is 11.3 Å². The Morgan fingerprint density at radius 1 is 1.44 bits per heavy atom. The van der Waals surface area contributed by atoms with Gasteiger partial charge in [-0.05, 0) is 20.0 Å². The van der Waals surface area contributed by atoms with E-state index in [0.717, 1.165) is 31.9 Å². The maximum Gasteiger partial charge on any atom is 0.130 e. The molecule has 0 atom stereocenters. The molecule has 1 aromatic heterocycles. The third-order valence-corrected chi connectivity index (χ3v) is 2.72. The van der Waals surface area contributed by atoms with Crippen LogP contribution in [0.15, 0.2) is 12.3 Å². The molecule has 0 fully saturated rings. The van der Waals surface area contributed by atoms with Gasteiger partial charge in [-0.3, -0.25) is 4.90 Å². The summed E-state index contributed by atoms with van der Waals surface area (Å²) in [6.07, 6.45) is 1.71. The second-order valence-corrected chi connectivity index (χ2v) is 4.33. The van der Waals surface area contributed by atoms with Crippen molar-refractivity contribution in [3.05, 3.63) is 28.0 Å². The van der Waals surface area contributed by atoms with Gasteiger partial charge in [-0.2, -0.15) is 0 Å². The summed E-state index contributed by atoms with van der Waals surface area (Å²) in [6, 6.07) is 1.66. The maximum absolute atomic E-state index is 6.05. The second-order valence-electron chi connectivity index (χ2n) is 3.53. The SMILES string of the molecule is CCOCCN(C)Cc1cnc(Cl)cc1Cl. The van der Waals surface area contributed by atoms with Gasteiger partial charge >= 0.3 is 0 Å². The maximum atomic E-state index is 6.05. The molecular weight excluding hydrogens is 247 g/mol. The highest BCUT2D eigenvalue weighted by Gasteiger charge is 2.05. The summed E-state index contributed by atoms with van der Waals surface area (Å²) >= 11 is 11.8. The van der Waals surface area contributed by atoms with E-state index in [1.807, 2.05) is 14.0 Å². The molecule has 0 saturated carbocycles. The lowest BCUT2D eigenvalue weighted by atomic mass is 10.2. The Balaban J connectivity index is 2.46. The summed E-state index contributed by atoms with van der Waals surface area (Å²) in [7, 11) is 2.02. The number of halogens is 2. The van der Waals surface area contributed by atoms with Crippen molar-refractivity contribution in [2.45, 2.75) is 13.5 Å². The van der Waals surface area contributed by atoms with E-state index in [4.69, 9.17) is 27.9 Å². The molecule has 0 unspecified atom stereocenters. The van der Waals surface area contributed by atoms with E-state index in [1.54, 1.807) is 12.3 Å². The predicted octanol–water partition coefficient (Wildman–Crippen LogP) is 2.86. The van der Waals surface area contributed by atoms with Gasteiger partial charge in [0.25, 0.3) is 0 Å². The summed E-state index contributed by atoms with van der Waals surface area (Å²) in [5, 5.41) is 1.08. The van der Waals surface area contributed by atoms with Gasteiger partial charge in [-0.1, -0.05) is 23.2 Å². The largest absolute Gasteiger partial charge is 0.380 e. The molecule has 0 N–H and O–H groups in total. The molecule has 5 heteroatoms. The summed E-state index contributed by atoms with van der Waals surface area (Å²) in [4.78, 5) is 6.14. The van der Waals surface area contributed by atoms with Crippen LogP contribution in [0.4, 0.5) is 0 Å². The molecule has 1 rings (SSSR count). The van der Waals surface area contributed by atoms with Crippen LogP contribution >= 0.6 is 23.2 Å². The van der Waals surface area contributed by atoms with Crippen molar-refractivity contribution in [1.29, 1.82) is 0 Å². The van der Waals surface area contributed by atoms with Crippen molar-refractivity contribution >= 4 is 23.2 Å². The number of rotatable bonds is 6. The van der Waals surface area contributed by atoms with E-state index >= 15 is 0 Å². The van der Waals surface area contributed by atoms with Crippen LogP contribution in [0.3, 0.4) is 0 Å². The number of ether oxygens (including phenoxy) is 1. The fourth-order valence-corrected chi connectivity index (χ4v) is 1.71. The summed E-state index contributed by atoms with van der Waals surface area (Å²) < 4.78 is 5.28. The third kappa shape index (κ3) is 4.66. The first-order chi connectivity index (χ1) is 7.63. The van der Waals surface area contributed by atoms with Gasteiger partial charge < -0.3 is 4.74 Å². The quantitative estimate of drug-likeness (QED) is 0.583. The average Bonchev–Trinajstić information content (AvgIpc) is 2.23. The number of nitrogens with zero attached hydrogens (tertiary/aromatic N) is 2. The Morgan fingerprint density at radius 2 is 2.19 bits per heavy atom. The molecule has 90 valence electrons. The van der Waals surface area contributed by atoms with Crippen LogP contribution in [0, 0.1) is 0 Å². The molecule has 1 aromatic rings. The van der Waals surface area contributed by atoms with Gasteiger partial charge in [-0.25, -0.2) is 4.98 Å². The van der Waals surface area contributed by atoms with Gasteiger partial charge in [0.05, 0.1) is 6.61 Å². The summed E-state index contributed by atoms with van der Waals surface area (Å²) in [5.41, 5.74) is 0.977. The van der Waals surface area contributed by atoms with E-state index in [2.05, 4.69) is 9.88 Å². The van der Waals surface area contributed by atoms with Crippen LogP contribution in [0.2, 0.25) is 10.2 Å². The van der Waals surface area contributed by atoms with Crippen molar-refractivity contribution in [3.8, 4) is 0 Å². The fourth-order valence-electron chi connectivity index (χ4n) is 1.29. The van der Waals surface area contributed by atoms with Crippen molar-refractivity contribution in [2.24, 2.45) is 0 Å². The molecule has 3 nitrogen and oxygen atoms in total. The Morgan fingerprint density at radius 3 is 2.81 bits per heavy atom. The minimum absolute atomic E-state index is 0.422. The molecule has 0 aliphatic rings. The monoisotopic (exact) mass is 262 g/mol. The number of hydrogen-bond donors (Lipinski definition) is 0. The molecule has 1 heterocycles. The highest BCUT2D eigenvalue weighted by atomic mass is 35.5. The normalized spacial score (nSPS) is 11.1. The van der Waals surface area contributed by atoms with E-state index in [1.165, 1.54) is 0 Å². The molecule has 0 bridgehead atoms. The zero-order valence-electron chi connectivity index (χ0n) is 9.54. The van der Waals surface area contributed by atoms with E-state index in [0.29, 0.717) is 10.2 Å². The average molecular weight is 263 g/mol. The second kappa shape index (κ2) is 7.07. The Bertz CT molecular complexity index is 334. The first-order valence-corrected chi connectivity index (χ1v) is 5.95. The van der Waals surface area contributed by atoms with Crippen molar-refractivity contribution < 1.29 is 4.74 Å². The minimum Gasteiger partial charge on any atom is -0.380 e. The topological polar surface area (TPSA) is 25.4 Å². The van der Waals surface area contributed by atoms with E-state index < -0.39 is 0 Å². The lowest BCUT2D eigenvalue weighted by molar-refractivity contribution is 0.120. The van der Waals surface area contributed by atoms with Crippen LogP contribution < -0.4 is 0 Å².